The highest BCUT2D eigenvalue weighted by molar-refractivity contribution is 5.92. The molecule has 112 valence electrons. The van der Waals surface area contributed by atoms with Crippen molar-refractivity contribution >= 4 is 17.0 Å². The van der Waals surface area contributed by atoms with Crippen molar-refractivity contribution in [1.29, 1.82) is 0 Å². The van der Waals surface area contributed by atoms with Crippen LogP contribution in [0.25, 0.3) is 11.0 Å². The number of rotatable bonds is 2. The average molecular weight is 288 g/mol. The van der Waals surface area contributed by atoms with E-state index in [9.17, 15) is 9.59 Å². The first-order valence-electron chi connectivity index (χ1n) is 7.35. The van der Waals surface area contributed by atoms with Crippen molar-refractivity contribution in [1.82, 2.24) is 9.55 Å². The maximum Gasteiger partial charge on any atom is 0.335 e. The van der Waals surface area contributed by atoms with Gasteiger partial charge >= 0.3 is 11.7 Å². The third kappa shape index (κ3) is 2.48. The molecule has 0 amide bonds. The second-order valence-corrected chi connectivity index (χ2v) is 6.73. The molecule has 5 heteroatoms. The normalized spacial score (nSPS) is 19.0. The third-order valence-electron chi connectivity index (χ3n) is 4.64. The number of aromatic carboxylic acids is 1. The van der Waals surface area contributed by atoms with Crippen LogP contribution in [0, 0.1) is 5.41 Å². The molecule has 0 radical (unpaired) electrons. The van der Waals surface area contributed by atoms with Gasteiger partial charge in [-0.1, -0.05) is 13.8 Å². The number of hydrogen-bond donors (Lipinski definition) is 2. The SMILES string of the molecule is CC1(C)CCC(n2c(=O)[nH]c3ccc(C(=O)O)cc32)CC1. The maximum atomic E-state index is 12.2. The minimum atomic E-state index is -0.970. The van der Waals surface area contributed by atoms with Gasteiger partial charge in [0.25, 0.3) is 0 Å². The molecule has 1 aromatic heterocycles. The Labute approximate surface area is 122 Å². The Hall–Kier alpha value is -2.04. The van der Waals surface area contributed by atoms with Crippen molar-refractivity contribution in [3.05, 3.63) is 34.2 Å². The lowest BCUT2D eigenvalue weighted by atomic mass is 9.75. The molecule has 2 aromatic rings. The lowest BCUT2D eigenvalue weighted by molar-refractivity contribution is 0.0697. The molecule has 0 aliphatic heterocycles. The number of nitrogens with one attached hydrogen (secondary N) is 1. The summed E-state index contributed by atoms with van der Waals surface area (Å²) in [5.41, 5.74) is 1.81. The molecule has 1 aliphatic rings. The minimum absolute atomic E-state index is 0.141. The Kier molecular flexibility index (Phi) is 3.15. The number of aromatic nitrogens is 2. The second-order valence-electron chi connectivity index (χ2n) is 6.73. The lowest BCUT2D eigenvalue weighted by Crippen LogP contribution is -2.28. The second kappa shape index (κ2) is 4.76. The summed E-state index contributed by atoms with van der Waals surface area (Å²) in [6.45, 7) is 4.51. The van der Waals surface area contributed by atoms with Crippen LogP contribution in [0.2, 0.25) is 0 Å². The first-order chi connectivity index (χ1) is 9.87. The number of nitrogens with zero attached hydrogens (tertiary/aromatic N) is 1. The Morgan fingerprint density at radius 3 is 2.62 bits per heavy atom. The summed E-state index contributed by atoms with van der Waals surface area (Å²) in [4.78, 5) is 26.2. The van der Waals surface area contributed by atoms with E-state index in [0.717, 1.165) is 25.7 Å². The molecule has 3 rings (SSSR count). The van der Waals surface area contributed by atoms with Crippen LogP contribution in [0.4, 0.5) is 0 Å². The number of carboxylic acids is 1. The van der Waals surface area contributed by atoms with E-state index in [1.165, 1.54) is 6.07 Å². The molecule has 1 saturated carbocycles. The van der Waals surface area contributed by atoms with Crippen molar-refractivity contribution in [2.24, 2.45) is 5.41 Å². The van der Waals surface area contributed by atoms with Gasteiger partial charge in [0.2, 0.25) is 0 Å². The van der Waals surface area contributed by atoms with Gasteiger partial charge in [-0.05, 0) is 49.3 Å². The van der Waals surface area contributed by atoms with Crippen LogP contribution in [0.5, 0.6) is 0 Å². The number of hydrogen-bond acceptors (Lipinski definition) is 2. The van der Waals surface area contributed by atoms with Gasteiger partial charge in [0.05, 0.1) is 16.6 Å². The van der Waals surface area contributed by atoms with Crippen molar-refractivity contribution in [2.45, 2.75) is 45.6 Å². The number of benzene rings is 1. The van der Waals surface area contributed by atoms with Gasteiger partial charge in [-0.15, -0.1) is 0 Å². The van der Waals surface area contributed by atoms with Crippen molar-refractivity contribution in [3.63, 3.8) is 0 Å². The van der Waals surface area contributed by atoms with Gasteiger partial charge in [-0.25, -0.2) is 9.59 Å². The fourth-order valence-corrected chi connectivity index (χ4v) is 3.26. The predicted molar refractivity (Wildman–Crippen MR) is 80.8 cm³/mol. The van der Waals surface area contributed by atoms with Gasteiger partial charge in [-0.2, -0.15) is 0 Å². The quantitative estimate of drug-likeness (QED) is 0.891. The monoisotopic (exact) mass is 288 g/mol. The van der Waals surface area contributed by atoms with E-state index in [1.54, 1.807) is 16.7 Å². The fourth-order valence-electron chi connectivity index (χ4n) is 3.26. The van der Waals surface area contributed by atoms with Crippen LogP contribution in [-0.2, 0) is 0 Å². The van der Waals surface area contributed by atoms with Crippen LogP contribution in [0.3, 0.4) is 0 Å². The molecule has 0 atom stereocenters. The van der Waals surface area contributed by atoms with E-state index in [4.69, 9.17) is 5.11 Å². The highest BCUT2D eigenvalue weighted by Crippen LogP contribution is 2.40. The molecule has 1 aromatic carbocycles. The minimum Gasteiger partial charge on any atom is -0.478 e. The highest BCUT2D eigenvalue weighted by atomic mass is 16.4. The fraction of sp³-hybridized carbons (Fsp3) is 0.500. The van der Waals surface area contributed by atoms with Crippen LogP contribution < -0.4 is 5.69 Å². The van der Waals surface area contributed by atoms with Crippen molar-refractivity contribution in [3.8, 4) is 0 Å². The van der Waals surface area contributed by atoms with Crippen molar-refractivity contribution in [2.75, 3.05) is 0 Å². The first-order valence-corrected chi connectivity index (χ1v) is 7.35. The Balaban J connectivity index is 2.05. The number of aromatic amines is 1. The zero-order valence-electron chi connectivity index (χ0n) is 12.3. The molecular formula is C16H20N2O3. The largest absolute Gasteiger partial charge is 0.478 e. The van der Waals surface area contributed by atoms with E-state index < -0.39 is 5.97 Å². The summed E-state index contributed by atoms with van der Waals surface area (Å²) >= 11 is 0. The molecule has 0 spiro atoms. The number of H-pyrrole nitrogens is 1. The molecule has 0 unspecified atom stereocenters. The third-order valence-corrected chi connectivity index (χ3v) is 4.64. The van der Waals surface area contributed by atoms with E-state index >= 15 is 0 Å². The summed E-state index contributed by atoms with van der Waals surface area (Å²) in [6.07, 6.45) is 4.07. The van der Waals surface area contributed by atoms with Gasteiger partial charge in [-0.3, -0.25) is 4.57 Å². The first kappa shape index (κ1) is 13.9. The Morgan fingerprint density at radius 1 is 1.33 bits per heavy atom. The summed E-state index contributed by atoms with van der Waals surface area (Å²) < 4.78 is 1.75. The molecule has 21 heavy (non-hydrogen) atoms. The number of carbonyl (C=O) groups is 1. The average Bonchev–Trinajstić information content (AvgIpc) is 2.74. The summed E-state index contributed by atoms with van der Waals surface area (Å²) in [6, 6.07) is 4.94. The number of fused-ring (bicyclic) bond motifs is 1. The van der Waals surface area contributed by atoms with E-state index in [-0.39, 0.29) is 17.3 Å². The van der Waals surface area contributed by atoms with Crippen LogP contribution in [-0.4, -0.2) is 20.6 Å². The molecule has 0 bridgehead atoms. The van der Waals surface area contributed by atoms with Crippen LogP contribution in [0.15, 0.2) is 23.0 Å². The summed E-state index contributed by atoms with van der Waals surface area (Å²) in [5.74, 6) is -0.970. The molecule has 1 fully saturated rings. The molecular weight excluding hydrogens is 268 g/mol. The van der Waals surface area contributed by atoms with E-state index in [0.29, 0.717) is 16.4 Å². The van der Waals surface area contributed by atoms with Gasteiger partial charge < -0.3 is 10.1 Å². The molecule has 2 N–H and O–H groups in total. The number of carboxylic acid groups (broad SMARTS) is 1. The molecule has 5 nitrogen and oxygen atoms in total. The molecule has 1 heterocycles. The Morgan fingerprint density at radius 2 is 2.00 bits per heavy atom. The zero-order valence-corrected chi connectivity index (χ0v) is 12.3. The zero-order chi connectivity index (χ0) is 15.2. The van der Waals surface area contributed by atoms with E-state index in [2.05, 4.69) is 18.8 Å². The smallest absolute Gasteiger partial charge is 0.335 e. The van der Waals surface area contributed by atoms with Gasteiger partial charge in [0.1, 0.15) is 0 Å². The molecule has 1 aliphatic carbocycles. The topological polar surface area (TPSA) is 75.1 Å². The summed E-state index contributed by atoms with van der Waals surface area (Å²) in [7, 11) is 0. The standard InChI is InChI=1S/C16H20N2O3/c1-16(2)7-5-11(6-8-16)18-13-9-10(14(19)20)3-4-12(13)17-15(18)21/h3-4,9,11H,5-8H2,1-2H3,(H,17,21)(H,19,20). The van der Waals surface area contributed by atoms with Crippen LogP contribution >= 0.6 is 0 Å². The van der Waals surface area contributed by atoms with Crippen LogP contribution in [0.1, 0.15) is 55.9 Å². The van der Waals surface area contributed by atoms with E-state index in [1.807, 2.05) is 0 Å². The lowest BCUT2D eigenvalue weighted by Gasteiger charge is -2.34. The molecule has 0 saturated heterocycles. The maximum absolute atomic E-state index is 12.2. The van der Waals surface area contributed by atoms with Crippen molar-refractivity contribution < 1.29 is 9.90 Å². The van der Waals surface area contributed by atoms with Gasteiger partial charge in [0.15, 0.2) is 0 Å². The Bertz CT molecular complexity index is 744. The predicted octanol–water partition coefficient (Wildman–Crippen LogP) is 3.17. The van der Waals surface area contributed by atoms with Gasteiger partial charge in [0, 0.05) is 6.04 Å². The highest BCUT2D eigenvalue weighted by Gasteiger charge is 2.29. The number of imidazole rings is 1. The summed E-state index contributed by atoms with van der Waals surface area (Å²) in [5, 5.41) is 9.12.